The smallest absolute Gasteiger partial charge is 0.322 e. The number of carbonyl (C=O) groups is 5. The number of nitrogens with one attached hydrogen (secondary N) is 3. The lowest BCUT2D eigenvalue weighted by Gasteiger charge is -2.36. The van der Waals surface area contributed by atoms with E-state index in [1.165, 1.54) is 12.1 Å². The SMILES string of the molecule is CC(=O)N(C(=N)N)C(=O)CCCC(=O)Nc1ccc(C[C@H](NS(=O)(=O)C[C@]23CCC(CC2=O)C3(C)C)C(=O)O)cc1. The first-order valence-corrected chi connectivity index (χ1v) is 15.0. The Hall–Kier alpha value is -3.65. The molecule has 2 fully saturated rings. The van der Waals surface area contributed by atoms with Crippen LogP contribution in [0, 0.1) is 22.2 Å². The Morgan fingerprint density at radius 1 is 1.17 bits per heavy atom. The number of Topliss-reactive ketones (excluding diaryl/α,β-unsaturated/α-hetero) is 1. The van der Waals surface area contributed by atoms with E-state index in [0.29, 0.717) is 29.0 Å². The zero-order valence-corrected chi connectivity index (χ0v) is 24.2. The molecular formula is C27H37N5O8S. The molecule has 1 aromatic carbocycles. The van der Waals surface area contributed by atoms with Gasteiger partial charge in [-0.15, -0.1) is 0 Å². The summed E-state index contributed by atoms with van der Waals surface area (Å²) in [4.78, 5) is 60.9. The average molecular weight is 592 g/mol. The molecule has 14 heteroatoms. The Labute approximate surface area is 238 Å². The van der Waals surface area contributed by atoms with E-state index in [9.17, 15) is 37.5 Å². The van der Waals surface area contributed by atoms with Gasteiger partial charge in [0.05, 0.1) is 5.75 Å². The zero-order valence-electron chi connectivity index (χ0n) is 23.4. The van der Waals surface area contributed by atoms with Crippen LogP contribution in [0.5, 0.6) is 0 Å². The number of amides is 3. The normalized spacial score (nSPS) is 21.7. The Morgan fingerprint density at radius 3 is 2.29 bits per heavy atom. The Bertz CT molecular complexity index is 1340. The number of benzene rings is 1. The van der Waals surface area contributed by atoms with Crippen molar-refractivity contribution in [3.63, 3.8) is 0 Å². The van der Waals surface area contributed by atoms with Gasteiger partial charge in [0.25, 0.3) is 0 Å². The van der Waals surface area contributed by atoms with Crippen molar-refractivity contribution >= 4 is 51.1 Å². The number of anilines is 1. The molecule has 13 nitrogen and oxygen atoms in total. The van der Waals surface area contributed by atoms with Gasteiger partial charge in [0.2, 0.25) is 33.7 Å². The summed E-state index contributed by atoms with van der Waals surface area (Å²) in [7, 11) is -4.10. The number of rotatable bonds is 12. The van der Waals surface area contributed by atoms with Crippen LogP contribution in [0.4, 0.5) is 5.69 Å². The van der Waals surface area contributed by atoms with Crippen molar-refractivity contribution in [1.29, 1.82) is 5.41 Å². The second kappa shape index (κ2) is 12.1. The quantitative estimate of drug-likeness (QED) is 0.175. The van der Waals surface area contributed by atoms with E-state index in [2.05, 4.69) is 10.0 Å². The second-order valence-corrected chi connectivity index (χ2v) is 13.1. The third-order valence-corrected chi connectivity index (χ3v) is 9.99. The summed E-state index contributed by atoms with van der Waals surface area (Å²) in [5, 5.41) is 19.7. The number of hydrogen-bond donors (Lipinski definition) is 5. The fourth-order valence-corrected chi connectivity index (χ4v) is 8.07. The number of sulfonamides is 1. The summed E-state index contributed by atoms with van der Waals surface area (Å²) < 4.78 is 28.5. The van der Waals surface area contributed by atoms with E-state index in [4.69, 9.17) is 11.1 Å². The first-order chi connectivity index (χ1) is 19.0. The fourth-order valence-electron chi connectivity index (χ4n) is 6.05. The van der Waals surface area contributed by atoms with E-state index in [-0.39, 0.29) is 37.4 Å². The van der Waals surface area contributed by atoms with Gasteiger partial charge in [-0.25, -0.2) is 18.0 Å². The lowest BCUT2D eigenvalue weighted by atomic mass is 9.70. The van der Waals surface area contributed by atoms with Gasteiger partial charge in [0, 0.05) is 37.3 Å². The van der Waals surface area contributed by atoms with Crippen molar-refractivity contribution in [3.05, 3.63) is 29.8 Å². The minimum absolute atomic E-state index is 0.0401. The maximum Gasteiger partial charge on any atom is 0.322 e. The maximum absolute atomic E-state index is 13.1. The highest BCUT2D eigenvalue weighted by atomic mass is 32.2. The van der Waals surface area contributed by atoms with Crippen LogP contribution in [-0.2, 0) is 40.4 Å². The first-order valence-electron chi connectivity index (χ1n) is 13.3. The topological polar surface area (TPSA) is 217 Å². The molecule has 0 saturated heterocycles. The maximum atomic E-state index is 13.1. The zero-order chi connectivity index (χ0) is 30.8. The molecule has 2 bridgehead atoms. The summed E-state index contributed by atoms with van der Waals surface area (Å²) in [5.74, 6) is -4.21. The summed E-state index contributed by atoms with van der Waals surface area (Å²) in [6.07, 6.45) is 1.36. The van der Waals surface area contributed by atoms with Crippen LogP contribution in [0.15, 0.2) is 24.3 Å². The first kappa shape index (κ1) is 31.9. The van der Waals surface area contributed by atoms with Crippen LogP contribution >= 0.6 is 0 Å². The number of imide groups is 1. The molecule has 2 saturated carbocycles. The number of carboxylic acid groups (broad SMARTS) is 1. The lowest BCUT2D eigenvalue weighted by molar-refractivity contribution is -0.140. The lowest BCUT2D eigenvalue weighted by Crippen LogP contribution is -2.49. The number of ketones is 1. The van der Waals surface area contributed by atoms with Crippen LogP contribution in [0.3, 0.4) is 0 Å². The number of fused-ring (bicyclic) bond motifs is 2. The van der Waals surface area contributed by atoms with Crippen molar-refractivity contribution in [3.8, 4) is 0 Å². The minimum Gasteiger partial charge on any atom is -0.480 e. The average Bonchev–Trinajstić information content (AvgIpc) is 3.18. The van der Waals surface area contributed by atoms with Crippen LogP contribution < -0.4 is 15.8 Å². The van der Waals surface area contributed by atoms with Crippen LogP contribution in [0.25, 0.3) is 0 Å². The molecule has 6 N–H and O–H groups in total. The number of aliphatic carboxylic acids is 1. The number of hydrogen-bond acceptors (Lipinski definition) is 8. The molecule has 0 aromatic heterocycles. The second-order valence-electron chi connectivity index (χ2n) is 11.4. The summed E-state index contributed by atoms with van der Waals surface area (Å²) >= 11 is 0. The third kappa shape index (κ3) is 6.99. The van der Waals surface area contributed by atoms with Gasteiger partial charge in [-0.1, -0.05) is 26.0 Å². The highest BCUT2D eigenvalue weighted by molar-refractivity contribution is 7.89. The van der Waals surface area contributed by atoms with E-state index in [1.807, 2.05) is 13.8 Å². The van der Waals surface area contributed by atoms with E-state index >= 15 is 0 Å². The highest BCUT2D eigenvalue weighted by Crippen LogP contribution is 2.64. The van der Waals surface area contributed by atoms with E-state index < -0.39 is 62.3 Å². The monoisotopic (exact) mass is 591 g/mol. The van der Waals surface area contributed by atoms with Crippen molar-refractivity contribution < 1.29 is 37.5 Å². The van der Waals surface area contributed by atoms with Crippen molar-refractivity contribution in [1.82, 2.24) is 9.62 Å². The van der Waals surface area contributed by atoms with Crippen LogP contribution in [0.2, 0.25) is 0 Å². The fraction of sp³-hybridized carbons (Fsp3) is 0.556. The van der Waals surface area contributed by atoms with Crippen molar-refractivity contribution in [2.24, 2.45) is 22.5 Å². The molecule has 2 aliphatic carbocycles. The van der Waals surface area contributed by atoms with Crippen molar-refractivity contribution in [2.45, 2.75) is 71.8 Å². The Balaban J connectivity index is 1.55. The Kier molecular flexibility index (Phi) is 9.38. The Morgan fingerprint density at radius 2 is 1.80 bits per heavy atom. The van der Waals surface area contributed by atoms with Gasteiger partial charge in [0.15, 0.2) is 0 Å². The molecule has 0 radical (unpaired) electrons. The predicted octanol–water partition coefficient (Wildman–Crippen LogP) is 1.37. The molecule has 3 atom stereocenters. The molecule has 3 amide bonds. The summed E-state index contributed by atoms with van der Waals surface area (Å²) in [5.41, 5.74) is 4.66. The summed E-state index contributed by atoms with van der Waals surface area (Å²) in [6.45, 7) is 4.93. The van der Waals surface area contributed by atoms with Gasteiger partial charge in [-0.05, 0) is 54.7 Å². The van der Waals surface area contributed by atoms with Gasteiger partial charge in [0.1, 0.15) is 11.8 Å². The molecular weight excluding hydrogens is 554 g/mol. The molecule has 1 unspecified atom stereocenters. The van der Waals surface area contributed by atoms with Gasteiger partial charge >= 0.3 is 5.97 Å². The minimum atomic E-state index is -4.10. The van der Waals surface area contributed by atoms with Crippen LogP contribution in [-0.4, -0.2) is 65.7 Å². The highest BCUT2D eigenvalue weighted by Gasteiger charge is 2.65. The molecule has 0 heterocycles. The van der Waals surface area contributed by atoms with E-state index in [0.717, 1.165) is 13.3 Å². The number of carbonyl (C=O) groups excluding carboxylic acids is 4. The molecule has 0 spiro atoms. The van der Waals surface area contributed by atoms with Gasteiger partial charge in [-0.2, -0.15) is 0 Å². The number of nitrogens with two attached hydrogens (primary N) is 1. The van der Waals surface area contributed by atoms with Gasteiger partial charge in [-0.3, -0.25) is 29.4 Å². The predicted molar refractivity (Wildman–Crippen MR) is 149 cm³/mol. The number of carboxylic acids is 1. The largest absolute Gasteiger partial charge is 0.480 e. The van der Waals surface area contributed by atoms with E-state index in [1.54, 1.807) is 12.1 Å². The van der Waals surface area contributed by atoms with Crippen LogP contribution in [0.1, 0.15) is 64.9 Å². The molecule has 3 rings (SSSR count). The standard InChI is InChI=1S/C27H37N5O8S/c1-16(33)32(25(28)29)23(36)6-4-5-22(35)30-19-9-7-17(8-10-19)13-20(24(37)38)31-41(39,40)15-27-12-11-18(14-21(27)34)26(27,2)3/h7-10,18,20,31H,4-6,11-15H2,1-3H3,(H3,28,29)(H,30,35)(H,37,38)/t18?,20-,27+/m0/s1. The third-order valence-electron chi connectivity index (χ3n) is 8.47. The molecule has 2 aliphatic rings. The molecule has 41 heavy (non-hydrogen) atoms. The summed E-state index contributed by atoms with van der Waals surface area (Å²) in [6, 6.07) is 4.75. The molecule has 224 valence electrons. The van der Waals surface area contributed by atoms with Crippen molar-refractivity contribution in [2.75, 3.05) is 11.1 Å². The van der Waals surface area contributed by atoms with Gasteiger partial charge < -0.3 is 16.2 Å². The number of nitrogens with zero attached hydrogens (tertiary/aromatic N) is 1. The molecule has 1 aromatic rings. The molecule has 0 aliphatic heterocycles. The number of guanidine groups is 1.